The number of benzene rings is 1. The number of nitrogens with two attached hydrogens (primary N) is 1. The van der Waals surface area contributed by atoms with Crippen LogP contribution in [-0.2, 0) is 6.42 Å². The lowest BCUT2D eigenvalue weighted by molar-refractivity contribution is 0.320. The van der Waals surface area contributed by atoms with Crippen LogP contribution in [0.15, 0.2) is 39.5 Å². The zero-order chi connectivity index (χ0) is 11.4. The van der Waals surface area contributed by atoms with Crippen LogP contribution in [-0.4, -0.2) is 6.61 Å². The minimum absolute atomic E-state index is 0.665. The first kappa shape index (κ1) is 11.5. The molecule has 0 fully saturated rings. The van der Waals surface area contributed by atoms with Gasteiger partial charge in [-0.2, -0.15) is 11.3 Å². The highest BCUT2D eigenvalue weighted by Crippen LogP contribution is 2.27. The molecule has 16 heavy (non-hydrogen) atoms. The van der Waals surface area contributed by atoms with Crippen LogP contribution < -0.4 is 10.5 Å². The molecule has 0 amide bonds. The van der Waals surface area contributed by atoms with Crippen molar-refractivity contribution in [3.05, 3.63) is 45.1 Å². The van der Waals surface area contributed by atoms with Crippen LogP contribution in [0.25, 0.3) is 0 Å². The van der Waals surface area contributed by atoms with Crippen molar-refractivity contribution in [3.8, 4) is 5.75 Å². The Morgan fingerprint density at radius 2 is 2.19 bits per heavy atom. The largest absolute Gasteiger partial charge is 0.492 e. The summed E-state index contributed by atoms with van der Waals surface area (Å²) < 4.78 is 6.61. The number of hydrogen-bond donors (Lipinski definition) is 1. The highest BCUT2D eigenvalue weighted by atomic mass is 79.9. The molecule has 0 saturated heterocycles. The number of ether oxygens (including phenoxy) is 1. The van der Waals surface area contributed by atoms with E-state index in [4.69, 9.17) is 10.5 Å². The van der Waals surface area contributed by atoms with Crippen LogP contribution in [0.3, 0.4) is 0 Å². The predicted molar refractivity (Wildman–Crippen MR) is 72.1 cm³/mol. The van der Waals surface area contributed by atoms with E-state index in [-0.39, 0.29) is 0 Å². The lowest BCUT2D eigenvalue weighted by Crippen LogP contribution is -2.01. The first-order valence-electron chi connectivity index (χ1n) is 4.94. The Labute approximate surface area is 107 Å². The summed E-state index contributed by atoms with van der Waals surface area (Å²) in [6.45, 7) is 0.665. The molecule has 0 aliphatic rings. The van der Waals surface area contributed by atoms with Gasteiger partial charge in [-0.15, -0.1) is 0 Å². The van der Waals surface area contributed by atoms with E-state index in [0.717, 1.165) is 16.6 Å². The molecule has 0 spiro atoms. The smallest absolute Gasteiger partial charge is 0.135 e. The highest BCUT2D eigenvalue weighted by molar-refractivity contribution is 9.10. The lowest BCUT2D eigenvalue weighted by atomic mass is 10.2. The number of nitrogen functional groups attached to an aromatic ring is 1. The van der Waals surface area contributed by atoms with Crippen LogP contribution in [0, 0.1) is 0 Å². The third-order valence-corrected chi connectivity index (χ3v) is 3.57. The van der Waals surface area contributed by atoms with Crippen LogP contribution >= 0.6 is 27.3 Å². The molecule has 0 aliphatic heterocycles. The van der Waals surface area contributed by atoms with Gasteiger partial charge in [0.25, 0.3) is 0 Å². The zero-order valence-electron chi connectivity index (χ0n) is 8.65. The Morgan fingerprint density at radius 1 is 1.31 bits per heavy atom. The summed E-state index contributed by atoms with van der Waals surface area (Å²) in [4.78, 5) is 0. The van der Waals surface area contributed by atoms with E-state index >= 15 is 0 Å². The minimum atomic E-state index is 0.665. The highest BCUT2D eigenvalue weighted by Gasteiger charge is 2.01. The van der Waals surface area contributed by atoms with E-state index in [2.05, 4.69) is 32.8 Å². The van der Waals surface area contributed by atoms with Gasteiger partial charge in [-0.25, -0.2) is 0 Å². The van der Waals surface area contributed by atoms with Gasteiger partial charge in [0.1, 0.15) is 5.75 Å². The Bertz CT molecular complexity index is 456. The van der Waals surface area contributed by atoms with Gasteiger partial charge in [-0.3, -0.25) is 0 Å². The molecule has 2 N–H and O–H groups in total. The van der Waals surface area contributed by atoms with Gasteiger partial charge in [0.05, 0.1) is 11.1 Å². The normalized spacial score (nSPS) is 10.3. The Kier molecular flexibility index (Phi) is 3.85. The van der Waals surface area contributed by atoms with Crippen molar-refractivity contribution >= 4 is 33.0 Å². The third kappa shape index (κ3) is 3.00. The SMILES string of the molecule is Nc1ccc(Br)c(OCCc2ccsc2)c1. The second-order valence-corrected chi connectivity index (χ2v) is 5.05. The Balaban J connectivity index is 1.92. The molecule has 4 heteroatoms. The molecule has 84 valence electrons. The zero-order valence-corrected chi connectivity index (χ0v) is 11.1. The number of anilines is 1. The van der Waals surface area contributed by atoms with Crippen molar-refractivity contribution in [3.63, 3.8) is 0 Å². The summed E-state index contributed by atoms with van der Waals surface area (Å²) in [5, 5.41) is 4.21. The summed E-state index contributed by atoms with van der Waals surface area (Å²) in [5.41, 5.74) is 7.72. The molecule has 0 bridgehead atoms. The average molecular weight is 298 g/mol. The van der Waals surface area contributed by atoms with Gasteiger partial charge >= 0.3 is 0 Å². The van der Waals surface area contributed by atoms with E-state index < -0.39 is 0 Å². The van der Waals surface area contributed by atoms with Crippen LogP contribution in [0.5, 0.6) is 5.75 Å². The number of halogens is 1. The van der Waals surface area contributed by atoms with Crippen LogP contribution in [0.4, 0.5) is 5.69 Å². The summed E-state index contributed by atoms with van der Waals surface area (Å²) in [6.07, 6.45) is 0.921. The summed E-state index contributed by atoms with van der Waals surface area (Å²) in [6, 6.07) is 7.69. The first-order chi connectivity index (χ1) is 7.75. The van der Waals surface area contributed by atoms with Crippen LogP contribution in [0.2, 0.25) is 0 Å². The number of rotatable bonds is 4. The number of thiophene rings is 1. The predicted octanol–water partition coefficient (Wildman–Crippen LogP) is 3.71. The second kappa shape index (κ2) is 5.37. The molecule has 1 heterocycles. The average Bonchev–Trinajstić information content (AvgIpc) is 2.76. The molecule has 2 aromatic rings. The van der Waals surface area contributed by atoms with Gasteiger partial charge in [0.15, 0.2) is 0 Å². The fourth-order valence-electron chi connectivity index (χ4n) is 1.34. The fourth-order valence-corrected chi connectivity index (χ4v) is 2.41. The summed E-state index contributed by atoms with van der Waals surface area (Å²) >= 11 is 5.14. The van der Waals surface area contributed by atoms with Crippen molar-refractivity contribution in [1.82, 2.24) is 0 Å². The van der Waals surface area contributed by atoms with Gasteiger partial charge in [0.2, 0.25) is 0 Å². The van der Waals surface area contributed by atoms with Gasteiger partial charge in [-0.05, 0) is 50.5 Å². The Morgan fingerprint density at radius 3 is 2.94 bits per heavy atom. The van der Waals surface area contributed by atoms with E-state index in [1.807, 2.05) is 18.2 Å². The van der Waals surface area contributed by atoms with Crippen molar-refractivity contribution < 1.29 is 4.74 Å². The molecule has 0 radical (unpaired) electrons. The van der Waals surface area contributed by atoms with E-state index in [9.17, 15) is 0 Å². The van der Waals surface area contributed by atoms with Gasteiger partial charge < -0.3 is 10.5 Å². The van der Waals surface area contributed by atoms with E-state index in [0.29, 0.717) is 12.3 Å². The Hall–Kier alpha value is -1.00. The van der Waals surface area contributed by atoms with Gasteiger partial charge in [-0.1, -0.05) is 0 Å². The molecule has 0 atom stereocenters. The van der Waals surface area contributed by atoms with Crippen molar-refractivity contribution in [2.45, 2.75) is 6.42 Å². The first-order valence-corrected chi connectivity index (χ1v) is 6.68. The standard InChI is InChI=1S/C12H12BrNOS/c13-11-2-1-10(14)7-12(11)15-5-3-9-4-6-16-8-9/h1-2,4,6-8H,3,5,14H2. The minimum Gasteiger partial charge on any atom is -0.492 e. The molecular weight excluding hydrogens is 286 g/mol. The molecule has 1 aromatic carbocycles. The lowest BCUT2D eigenvalue weighted by Gasteiger charge is -2.08. The third-order valence-electron chi connectivity index (χ3n) is 2.18. The second-order valence-electron chi connectivity index (χ2n) is 3.42. The molecule has 0 saturated carbocycles. The van der Waals surface area contributed by atoms with Gasteiger partial charge in [0, 0.05) is 18.2 Å². The molecule has 0 aliphatic carbocycles. The molecule has 1 aromatic heterocycles. The molecular formula is C12H12BrNOS. The summed E-state index contributed by atoms with van der Waals surface area (Å²) in [5.74, 6) is 0.801. The quantitative estimate of drug-likeness (QED) is 0.873. The van der Waals surface area contributed by atoms with Crippen molar-refractivity contribution in [2.24, 2.45) is 0 Å². The molecule has 0 unspecified atom stereocenters. The number of hydrogen-bond acceptors (Lipinski definition) is 3. The van der Waals surface area contributed by atoms with E-state index in [1.165, 1.54) is 5.56 Å². The molecule has 2 rings (SSSR count). The topological polar surface area (TPSA) is 35.2 Å². The van der Waals surface area contributed by atoms with E-state index in [1.54, 1.807) is 11.3 Å². The summed E-state index contributed by atoms with van der Waals surface area (Å²) in [7, 11) is 0. The van der Waals surface area contributed by atoms with Crippen molar-refractivity contribution in [2.75, 3.05) is 12.3 Å². The monoisotopic (exact) mass is 297 g/mol. The fraction of sp³-hybridized carbons (Fsp3) is 0.167. The molecule has 2 nitrogen and oxygen atoms in total. The van der Waals surface area contributed by atoms with Crippen LogP contribution in [0.1, 0.15) is 5.56 Å². The maximum Gasteiger partial charge on any atom is 0.135 e. The van der Waals surface area contributed by atoms with Crippen molar-refractivity contribution in [1.29, 1.82) is 0 Å². The maximum absolute atomic E-state index is 5.69. The maximum atomic E-state index is 5.69.